The molecule has 1 saturated carbocycles. The molecule has 1 atom stereocenters. The Morgan fingerprint density at radius 1 is 1.27 bits per heavy atom. The van der Waals surface area contributed by atoms with Crippen molar-refractivity contribution in [2.24, 2.45) is 11.3 Å². The van der Waals surface area contributed by atoms with Crippen LogP contribution in [0.15, 0.2) is 0 Å². The molecule has 0 saturated heterocycles. The fourth-order valence-corrected chi connectivity index (χ4v) is 2.24. The summed E-state index contributed by atoms with van der Waals surface area (Å²) >= 11 is 0. The molecule has 0 spiro atoms. The van der Waals surface area contributed by atoms with Gasteiger partial charge in [-0.2, -0.15) is 0 Å². The zero-order valence-electron chi connectivity index (χ0n) is 10.8. The quantitative estimate of drug-likeness (QED) is 0.669. The Morgan fingerprint density at radius 2 is 1.93 bits per heavy atom. The molecule has 0 bridgehead atoms. The Kier molecular flexibility index (Phi) is 5.07. The molecule has 0 aliphatic heterocycles. The predicted octanol–water partition coefficient (Wildman–Crippen LogP) is 2.83. The second kappa shape index (κ2) is 5.86. The van der Waals surface area contributed by atoms with Crippen molar-refractivity contribution in [2.45, 2.75) is 53.0 Å². The highest BCUT2D eigenvalue weighted by Gasteiger charge is 2.42. The van der Waals surface area contributed by atoms with Gasteiger partial charge in [0.1, 0.15) is 0 Å². The van der Waals surface area contributed by atoms with E-state index in [0.717, 1.165) is 19.1 Å². The van der Waals surface area contributed by atoms with Crippen LogP contribution in [0.25, 0.3) is 0 Å². The number of rotatable bonds is 8. The normalized spacial score (nSPS) is 20.6. The van der Waals surface area contributed by atoms with Gasteiger partial charge in [0.25, 0.3) is 0 Å². The summed E-state index contributed by atoms with van der Waals surface area (Å²) in [6.07, 6.45) is 4.21. The van der Waals surface area contributed by atoms with E-state index >= 15 is 0 Å². The van der Waals surface area contributed by atoms with Gasteiger partial charge in [-0.1, -0.05) is 13.8 Å². The zero-order chi connectivity index (χ0) is 11.3. The van der Waals surface area contributed by atoms with Gasteiger partial charge >= 0.3 is 0 Å². The van der Waals surface area contributed by atoms with Gasteiger partial charge < -0.3 is 10.1 Å². The van der Waals surface area contributed by atoms with E-state index < -0.39 is 0 Å². The molecule has 90 valence electrons. The molecular weight excluding hydrogens is 186 g/mol. The highest BCUT2D eigenvalue weighted by atomic mass is 16.5. The number of ether oxygens (including phenoxy) is 1. The lowest BCUT2D eigenvalue weighted by molar-refractivity contribution is 0.124. The standard InChI is InChI=1S/C13H27NO/c1-5-15-9-12(4)14-10-13(6-7-13)8-11(2)3/h11-12,14H,5-10H2,1-4H3. The van der Waals surface area contributed by atoms with E-state index in [1.54, 1.807) is 0 Å². The van der Waals surface area contributed by atoms with Crippen molar-refractivity contribution in [1.29, 1.82) is 0 Å². The average molecular weight is 213 g/mol. The average Bonchev–Trinajstić information content (AvgIpc) is 2.91. The third-order valence-electron chi connectivity index (χ3n) is 3.20. The first kappa shape index (κ1) is 13.0. The summed E-state index contributed by atoms with van der Waals surface area (Å²) in [5, 5.41) is 3.60. The highest BCUT2D eigenvalue weighted by molar-refractivity contribution is 4.95. The molecule has 1 aliphatic rings. The molecule has 1 N–H and O–H groups in total. The van der Waals surface area contributed by atoms with Crippen LogP contribution in [0.2, 0.25) is 0 Å². The molecule has 0 aromatic carbocycles. The van der Waals surface area contributed by atoms with Crippen LogP contribution in [0.4, 0.5) is 0 Å². The second-order valence-electron chi connectivity index (χ2n) is 5.54. The summed E-state index contributed by atoms with van der Waals surface area (Å²) in [4.78, 5) is 0. The second-order valence-corrected chi connectivity index (χ2v) is 5.54. The van der Waals surface area contributed by atoms with Crippen LogP contribution >= 0.6 is 0 Å². The van der Waals surface area contributed by atoms with Crippen LogP contribution in [0, 0.1) is 11.3 Å². The molecule has 2 nitrogen and oxygen atoms in total. The van der Waals surface area contributed by atoms with Gasteiger partial charge in [0.05, 0.1) is 6.61 Å². The third-order valence-corrected chi connectivity index (χ3v) is 3.20. The third kappa shape index (κ3) is 4.98. The molecule has 15 heavy (non-hydrogen) atoms. The van der Waals surface area contributed by atoms with Crippen molar-refractivity contribution in [3.8, 4) is 0 Å². The van der Waals surface area contributed by atoms with E-state index in [1.807, 2.05) is 6.92 Å². The monoisotopic (exact) mass is 213 g/mol. The van der Waals surface area contributed by atoms with Gasteiger partial charge in [-0.15, -0.1) is 0 Å². The van der Waals surface area contributed by atoms with Crippen molar-refractivity contribution in [3.05, 3.63) is 0 Å². The number of hydrogen-bond donors (Lipinski definition) is 1. The van der Waals surface area contributed by atoms with E-state index in [2.05, 4.69) is 26.1 Å². The summed E-state index contributed by atoms with van der Waals surface area (Å²) in [6.45, 7) is 11.7. The van der Waals surface area contributed by atoms with E-state index in [9.17, 15) is 0 Å². The number of hydrogen-bond acceptors (Lipinski definition) is 2. The van der Waals surface area contributed by atoms with Crippen molar-refractivity contribution in [2.75, 3.05) is 19.8 Å². The van der Waals surface area contributed by atoms with Gasteiger partial charge in [-0.05, 0) is 44.4 Å². The molecular formula is C13H27NO. The minimum absolute atomic E-state index is 0.495. The smallest absolute Gasteiger partial charge is 0.0616 e. The Balaban J connectivity index is 2.13. The van der Waals surface area contributed by atoms with Crippen LogP contribution in [-0.2, 0) is 4.74 Å². The lowest BCUT2D eigenvalue weighted by atomic mass is 9.94. The van der Waals surface area contributed by atoms with Crippen LogP contribution in [0.5, 0.6) is 0 Å². The zero-order valence-corrected chi connectivity index (χ0v) is 10.8. The molecule has 1 aliphatic carbocycles. The number of nitrogens with one attached hydrogen (secondary N) is 1. The molecule has 0 aromatic heterocycles. The fourth-order valence-electron chi connectivity index (χ4n) is 2.24. The summed E-state index contributed by atoms with van der Waals surface area (Å²) < 4.78 is 5.40. The summed E-state index contributed by atoms with van der Waals surface area (Å²) in [5.41, 5.74) is 0.634. The Morgan fingerprint density at radius 3 is 2.40 bits per heavy atom. The Labute approximate surface area is 94.8 Å². The maximum atomic E-state index is 5.40. The maximum absolute atomic E-state index is 5.40. The van der Waals surface area contributed by atoms with Gasteiger partial charge in [-0.3, -0.25) is 0 Å². The van der Waals surface area contributed by atoms with Crippen LogP contribution in [-0.4, -0.2) is 25.8 Å². The first-order chi connectivity index (χ1) is 7.08. The minimum Gasteiger partial charge on any atom is -0.380 e. The molecule has 0 radical (unpaired) electrons. The Bertz CT molecular complexity index is 175. The first-order valence-electron chi connectivity index (χ1n) is 6.39. The summed E-state index contributed by atoms with van der Waals surface area (Å²) in [6, 6.07) is 0.495. The lowest BCUT2D eigenvalue weighted by Crippen LogP contribution is -2.35. The van der Waals surface area contributed by atoms with Crippen molar-refractivity contribution < 1.29 is 4.74 Å². The predicted molar refractivity (Wildman–Crippen MR) is 65.1 cm³/mol. The SMILES string of the molecule is CCOCC(C)NCC1(CC(C)C)CC1. The maximum Gasteiger partial charge on any atom is 0.0616 e. The molecule has 1 rings (SSSR count). The van der Waals surface area contributed by atoms with Crippen LogP contribution in [0.3, 0.4) is 0 Å². The fraction of sp³-hybridized carbons (Fsp3) is 1.00. The lowest BCUT2D eigenvalue weighted by Gasteiger charge is -2.21. The minimum atomic E-state index is 0.495. The van der Waals surface area contributed by atoms with Crippen LogP contribution in [0.1, 0.15) is 47.0 Å². The van der Waals surface area contributed by atoms with Crippen molar-refractivity contribution in [3.63, 3.8) is 0 Å². The molecule has 1 unspecified atom stereocenters. The highest BCUT2D eigenvalue weighted by Crippen LogP contribution is 2.50. The molecule has 2 heteroatoms. The molecule has 0 aromatic rings. The summed E-state index contributed by atoms with van der Waals surface area (Å²) in [7, 11) is 0. The topological polar surface area (TPSA) is 21.3 Å². The van der Waals surface area contributed by atoms with Crippen molar-refractivity contribution in [1.82, 2.24) is 5.32 Å². The van der Waals surface area contributed by atoms with E-state index in [4.69, 9.17) is 4.74 Å². The molecule has 0 amide bonds. The van der Waals surface area contributed by atoms with Gasteiger partial charge in [0.15, 0.2) is 0 Å². The van der Waals surface area contributed by atoms with E-state index in [0.29, 0.717) is 11.5 Å². The first-order valence-corrected chi connectivity index (χ1v) is 6.39. The van der Waals surface area contributed by atoms with Gasteiger partial charge in [0, 0.05) is 19.2 Å². The molecule has 0 heterocycles. The summed E-state index contributed by atoms with van der Waals surface area (Å²) in [5.74, 6) is 0.830. The van der Waals surface area contributed by atoms with Crippen molar-refractivity contribution >= 4 is 0 Å². The molecule has 1 fully saturated rings. The van der Waals surface area contributed by atoms with Crippen LogP contribution < -0.4 is 5.32 Å². The van der Waals surface area contributed by atoms with E-state index in [1.165, 1.54) is 25.8 Å². The van der Waals surface area contributed by atoms with Gasteiger partial charge in [-0.25, -0.2) is 0 Å². The van der Waals surface area contributed by atoms with Gasteiger partial charge in [0.2, 0.25) is 0 Å². The largest absolute Gasteiger partial charge is 0.380 e. The van der Waals surface area contributed by atoms with E-state index in [-0.39, 0.29) is 0 Å². The Hall–Kier alpha value is -0.0800.